The first-order chi connectivity index (χ1) is 13.6. The van der Waals surface area contributed by atoms with Crippen LogP contribution >= 0.6 is 0 Å². The van der Waals surface area contributed by atoms with Gasteiger partial charge in [0.15, 0.2) is 0 Å². The molecule has 4 rings (SSSR count). The Hall–Kier alpha value is -2.76. The summed E-state index contributed by atoms with van der Waals surface area (Å²) < 4.78 is 28.0. The summed E-state index contributed by atoms with van der Waals surface area (Å²) in [6, 6.07) is 13.3. The Morgan fingerprint density at radius 1 is 1.04 bits per heavy atom. The molecule has 0 fully saturated rings. The Kier molecular flexibility index (Phi) is 6.39. The number of nitrogens with two attached hydrogens (primary N) is 1. The zero-order chi connectivity index (χ0) is 20.1. The van der Waals surface area contributed by atoms with Gasteiger partial charge in [-0.05, 0) is 48.3 Å². The minimum absolute atomic E-state index is 0.271. The molecule has 0 bridgehead atoms. The summed E-state index contributed by atoms with van der Waals surface area (Å²) >= 11 is 0. The van der Waals surface area contributed by atoms with Gasteiger partial charge in [0.05, 0.1) is 6.20 Å². The molecule has 6 heteroatoms. The van der Waals surface area contributed by atoms with Crippen LogP contribution in [0.2, 0.25) is 0 Å². The molecule has 3 nitrogen and oxygen atoms in total. The van der Waals surface area contributed by atoms with Crippen molar-refractivity contribution in [3.8, 4) is 0 Å². The first-order valence-corrected chi connectivity index (χ1v) is 9.80. The van der Waals surface area contributed by atoms with Crippen LogP contribution in [0.4, 0.5) is 20.1 Å². The highest BCUT2D eigenvalue weighted by Gasteiger charge is 2.31. The molecule has 1 aliphatic carbocycles. The molecule has 2 aromatic carbocycles. The van der Waals surface area contributed by atoms with E-state index in [4.69, 9.17) is 5.73 Å². The van der Waals surface area contributed by atoms with Crippen molar-refractivity contribution < 1.29 is 13.1 Å². The van der Waals surface area contributed by atoms with Crippen molar-refractivity contribution in [2.45, 2.75) is 39.5 Å². The number of pyridine rings is 1. The number of halogens is 2. The molecule has 0 unspecified atom stereocenters. The number of fused-ring (bicyclic) bond motifs is 2. The van der Waals surface area contributed by atoms with Gasteiger partial charge in [-0.25, -0.2) is 13.1 Å². The van der Waals surface area contributed by atoms with Crippen LogP contribution < -0.4 is 10.2 Å². The second-order valence-corrected chi connectivity index (χ2v) is 6.62. The summed E-state index contributed by atoms with van der Waals surface area (Å²) in [5, 5.41) is 1.89. The first kappa shape index (κ1) is 20.0. The van der Waals surface area contributed by atoms with Crippen LogP contribution in [-0.2, 0) is 12.8 Å². The third-order valence-corrected chi connectivity index (χ3v) is 4.93. The molecular weight excluding hydrogens is 355 g/mol. The Balaban J connectivity index is 0.00000109. The van der Waals surface area contributed by atoms with Crippen molar-refractivity contribution in [1.82, 2.24) is 0 Å². The van der Waals surface area contributed by atoms with E-state index in [-0.39, 0.29) is 5.82 Å². The molecule has 0 aliphatic heterocycles. The van der Waals surface area contributed by atoms with Crippen molar-refractivity contribution in [3.63, 3.8) is 0 Å². The molecule has 1 aliphatic rings. The van der Waals surface area contributed by atoms with Gasteiger partial charge in [-0.2, -0.15) is 0 Å². The van der Waals surface area contributed by atoms with E-state index in [9.17, 15) is 8.63 Å². The SMILES string of the molecule is CC.Nc1cccc2cccc(C=Nc3cc4c(c[n+]3B(F)F)CCCC4)c12. The average Bonchev–Trinajstić information content (AvgIpc) is 2.73. The van der Waals surface area contributed by atoms with E-state index >= 15 is 0 Å². The maximum atomic E-state index is 13.5. The Morgan fingerprint density at radius 3 is 2.43 bits per heavy atom. The predicted molar refractivity (Wildman–Crippen MR) is 114 cm³/mol. The summed E-state index contributed by atoms with van der Waals surface area (Å²) in [6.07, 6.45) is 7.10. The summed E-state index contributed by atoms with van der Waals surface area (Å²) in [5.74, 6) is 0.271. The maximum Gasteiger partial charge on any atom is 0.808 e. The molecule has 3 aromatic rings. The van der Waals surface area contributed by atoms with Crippen LogP contribution in [0.5, 0.6) is 0 Å². The number of aryl methyl sites for hydroxylation is 2. The lowest BCUT2D eigenvalue weighted by molar-refractivity contribution is -0.541. The van der Waals surface area contributed by atoms with Gasteiger partial charge in [0.1, 0.15) is 6.21 Å². The van der Waals surface area contributed by atoms with E-state index in [0.717, 1.165) is 57.6 Å². The number of aromatic nitrogens is 1. The van der Waals surface area contributed by atoms with Gasteiger partial charge in [-0.3, -0.25) is 0 Å². The standard InChI is InChI=1S/C20H19BF2N3.C2H6/c22-21(23)26-13-17-6-2-1-5-15(17)11-19(26)25-12-16-9-3-7-14-8-4-10-18(24)20(14)16;1-2/h3-4,7-13H,1-2,5-6,24H2;1-2H3/q+1;. The number of aliphatic imine (C=N–C) groups is 1. The number of nitrogens with zero attached hydrogens (tertiary/aromatic N) is 2. The Labute approximate surface area is 165 Å². The lowest BCUT2D eigenvalue weighted by Gasteiger charge is -2.15. The van der Waals surface area contributed by atoms with Crippen LogP contribution in [0, 0.1) is 0 Å². The fourth-order valence-electron chi connectivity index (χ4n) is 3.63. The lowest BCUT2D eigenvalue weighted by atomic mass is 9.92. The number of hydrogen-bond donors (Lipinski definition) is 1. The molecule has 2 N–H and O–H groups in total. The van der Waals surface area contributed by atoms with E-state index in [1.165, 1.54) is 0 Å². The Morgan fingerprint density at radius 2 is 1.71 bits per heavy atom. The highest BCUT2D eigenvalue weighted by atomic mass is 19.2. The zero-order valence-corrected chi connectivity index (χ0v) is 16.3. The monoisotopic (exact) mass is 380 g/mol. The fourth-order valence-corrected chi connectivity index (χ4v) is 3.63. The van der Waals surface area contributed by atoms with Crippen molar-refractivity contribution in [2.75, 3.05) is 5.73 Å². The third kappa shape index (κ3) is 4.06. The fraction of sp³-hybridized carbons (Fsp3) is 0.273. The van der Waals surface area contributed by atoms with Crippen LogP contribution in [-0.4, -0.2) is 13.6 Å². The van der Waals surface area contributed by atoms with Gasteiger partial charge in [-0.1, -0.05) is 49.2 Å². The first-order valence-electron chi connectivity index (χ1n) is 9.80. The van der Waals surface area contributed by atoms with Crippen LogP contribution in [0.3, 0.4) is 0 Å². The molecule has 0 spiro atoms. The average molecular weight is 380 g/mol. The summed E-state index contributed by atoms with van der Waals surface area (Å²) in [4.78, 5) is 4.40. The zero-order valence-electron chi connectivity index (χ0n) is 16.3. The molecule has 0 radical (unpaired) electrons. The summed E-state index contributed by atoms with van der Waals surface area (Å²) in [5.41, 5.74) is 9.70. The predicted octanol–water partition coefficient (Wildman–Crippen LogP) is 5.14. The molecular formula is C22H25BF2N3+. The van der Waals surface area contributed by atoms with Gasteiger partial charge in [0, 0.05) is 22.7 Å². The van der Waals surface area contributed by atoms with E-state index in [0.29, 0.717) is 5.69 Å². The highest BCUT2D eigenvalue weighted by Crippen LogP contribution is 2.26. The van der Waals surface area contributed by atoms with Crippen molar-refractivity contribution >= 4 is 35.9 Å². The highest BCUT2D eigenvalue weighted by molar-refractivity contribution is 6.32. The van der Waals surface area contributed by atoms with Gasteiger partial charge in [-0.15, -0.1) is 0 Å². The Bertz CT molecular complexity index is 997. The van der Waals surface area contributed by atoms with E-state index in [2.05, 4.69) is 4.99 Å². The van der Waals surface area contributed by atoms with Crippen molar-refractivity contribution in [1.29, 1.82) is 0 Å². The molecule has 1 heterocycles. The van der Waals surface area contributed by atoms with Crippen molar-refractivity contribution in [2.24, 2.45) is 4.99 Å². The van der Waals surface area contributed by atoms with Crippen molar-refractivity contribution in [3.05, 3.63) is 65.4 Å². The molecule has 0 saturated carbocycles. The summed E-state index contributed by atoms with van der Waals surface area (Å²) in [6.45, 7) is 4.00. The minimum atomic E-state index is -2.62. The van der Waals surface area contributed by atoms with Gasteiger partial charge in [0.2, 0.25) is 0 Å². The van der Waals surface area contributed by atoms with E-state index in [1.807, 2.05) is 50.2 Å². The topological polar surface area (TPSA) is 42.3 Å². The molecule has 0 amide bonds. The minimum Gasteiger partial charge on any atom is -0.398 e. The van der Waals surface area contributed by atoms with E-state index < -0.39 is 7.40 Å². The third-order valence-electron chi connectivity index (χ3n) is 4.93. The molecule has 1 aromatic heterocycles. The molecule has 0 saturated heterocycles. The molecule has 144 valence electrons. The number of rotatable bonds is 3. The van der Waals surface area contributed by atoms with Crippen LogP contribution in [0.25, 0.3) is 10.8 Å². The molecule has 0 atom stereocenters. The maximum absolute atomic E-state index is 13.5. The number of nitrogen functional groups attached to an aromatic ring is 1. The van der Waals surface area contributed by atoms with E-state index in [1.54, 1.807) is 18.5 Å². The smallest absolute Gasteiger partial charge is 0.398 e. The molecule has 28 heavy (non-hydrogen) atoms. The van der Waals surface area contributed by atoms with Crippen LogP contribution in [0.15, 0.2) is 53.7 Å². The quantitative estimate of drug-likeness (QED) is 0.382. The van der Waals surface area contributed by atoms with Gasteiger partial charge < -0.3 is 5.73 Å². The number of anilines is 1. The second kappa shape index (κ2) is 8.96. The second-order valence-electron chi connectivity index (χ2n) is 6.62. The lowest BCUT2D eigenvalue weighted by Crippen LogP contribution is -2.46. The number of hydrogen-bond acceptors (Lipinski definition) is 2. The van der Waals surface area contributed by atoms with Gasteiger partial charge in [0.25, 0.3) is 0 Å². The normalized spacial score (nSPS) is 13.1. The largest absolute Gasteiger partial charge is 0.808 e. The van der Waals surface area contributed by atoms with Crippen LogP contribution in [0.1, 0.15) is 43.4 Å². The summed E-state index contributed by atoms with van der Waals surface area (Å²) in [7, 11) is -2.62. The van der Waals surface area contributed by atoms with Gasteiger partial charge >= 0.3 is 13.2 Å². The number of benzene rings is 2.